The summed E-state index contributed by atoms with van der Waals surface area (Å²) >= 11 is 0. The standard InChI is InChI=1S/C17H17F6NO4/c1-26-10-3-2-4-11(5-10)27-12-6-15(7-12)8-24(9-15)14(25)28-13(16(18,19)20)17(21,22)23/h2-5,12-13H,6-9H2,1H3. The Bertz CT molecular complexity index is 707. The maximum Gasteiger partial charge on any atom is 0.434 e. The van der Waals surface area contributed by atoms with Crippen LogP contribution in [-0.2, 0) is 4.74 Å². The van der Waals surface area contributed by atoms with Crippen molar-refractivity contribution in [3.8, 4) is 11.5 Å². The van der Waals surface area contributed by atoms with Crippen LogP contribution in [0.1, 0.15) is 12.8 Å². The largest absolute Gasteiger partial charge is 0.497 e. The maximum absolute atomic E-state index is 12.5. The third kappa shape index (κ3) is 4.22. The lowest BCUT2D eigenvalue weighted by Crippen LogP contribution is -2.66. The fourth-order valence-electron chi connectivity index (χ4n) is 3.50. The minimum Gasteiger partial charge on any atom is -0.497 e. The van der Waals surface area contributed by atoms with Crippen LogP contribution in [0.25, 0.3) is 0 Å². The van der Waals surface area contributed by atoms with E-state index < -0.39 is 24.5 Å². The van der Waals surface area contributed by atoms with Crippen molar-refractivity contribution in [2.75, 3.05) is 20.2 Å². The van der Waals surface area contributed by atoms with E-state index in [2.05, 4.69) is 4.74 Å². The first-order chi connectivity index (χ1) is 12.9. The number of benzene rings is 1. The third-order valence-electron chi connectivity index (χ3n) is 4.79. The van der Waals surface area contributed by atoms with Crippen LogP contribution >= 0.6 is 0 Å². The summed E-state index contributed by atoms with van der Waals surface area (Å²) in [7, 11) is 1.52. The number of rotatable bonds is 4. The van der Waals surface area contributed by atoms with Crippen molar-refractivity contribution in [1.29, 1.82) is 0 Å². The zero-order chi connectivity index (χ0) is 20.7. The molecule has 1 amide bonds. The summed E-state index contributed by atoms with van der Waals surface area (Å²) < 4.78 is 89.3. The molecular weight excluding hydrogens is 396 g/mol. The molecule has 11 heteroatoms. The molecule has 0 radical (unpaired) electrons. The van der Waals surface area contributed by atoms with E-state index in [9.17, 15) is 31.1 Å². The van der Waals surface area contributed by atoms with Crippen LogP contribution in [0.15, 0.2) is 24.3 Å². The predicted octanol–water partition coefficient (Wildman–Crippen LogP) is 4.17. The second-order valence-electron chi connectivity index (χ2n) is 7.03. The molecule has 1 aromatic carbocycles. The van der Waals surface area contributed by atoms with Crippen molar-refractivity contribution < 1.29 is 45.3 Å². The van der Waals surface area contributed by atoms with Crippen LogP contribution < -0.4 is 9.47 Å². The van der Waals surface area contributed by atoms with Gasteiger partial charge in [-0.3, -0.25) is 0 Å². The summed E-state index contributed by atoms with van der Waals surface area (Å²) in [5.41, 5.74) is -0.353. The van der Waals surface area contributed by atoms with Crippen LogP contribution in [-0.4, -0.2) is 55.8 Å². The first kappa shape index (κ1) is 20.4. The zero-order valence-electron chi connectivity index (χ0n) is 14.6. The Kier molecular flexibility index (Phi) is 5.05. The molecule has 2 fully saturated rings. The Morgan fingerprint density at radius 2 is 1.68 bits per heavy atom. The van der Waals surface area contributed by atoms with Gasteiger partial charge in [-0.2, -0.15) is 26.3 Å². The molecule has 0 bridgehead atoms. The summed E-state index contributed by atoms with van der Waals surface area (Å²) in [5.74, 6) is 1.21. The molecule has 0 unspecified atom stereocenters. The summed E-state index contributed by atoms with van der Waals surface area (Å²) in [6.45, 7) is 0.0679. The van der Waals surface area contributed by atoms with Gasteiger partial charge in [0.05, 0.1) is 7.11 Å². The average molecular weight is 413 g/mol. The Labute approximate surface area is 156 Å². The first-order valence-corrected chi connectivity index (χ1v) is 8.32. The number of carbonyl (C=O) groups excluding carboxylic acids is 1. The van der Waals surface area contributed by atoms with E-state index in [0.717, 1.165) is 4.90 Å². The van der Waals surface area contributed by atoms with Crippen molar-refractivity contribution in [3.63, 3.8) is 0 Å². The number of hydrogen-bond acceptors (Lipinski definition) is 4. The van der Waals surface area contributed by atoms with Gasteiger partial charge in [0.25, 0.3) is 6.10 Å². The molecule has 1 aliphatic carbocycles. The molecule has 0 aromatic heterocycles. The quantitative estimate of drug-likeness (QED) is 0.696. The highest BCUT2D eigenvalue weighted by molar-refractivity contribution is 5.69. The molecule has 1 spiro atoms. The number of carbonyl (C=O) groups is 1. The lowest BCUT2D eigenvalue weighted by Gasteiger charge is -2.57. The van der Waals surface area contributed by atoms with Crippen molar-refractivity contribution in [2.24, 2.45) is 5.41 Å². The van der Waals surface area contributed by atoms with Gasteiger partial charge in [-0.15, -0.1) is 0 Å². The Morgan fingerprint density at radius 1 is 1.11 bits per heavy atom. The van der Waals surface area contributed by atoms with Crippen LogP contribution in [0.3, 0.4) is 0 Å². The van der Waals surface area contributed by atoms with Crippen LogP contribution in [0.2, 0.25) is 0 Å². The van der Waals surface area contributed by atoms with Gasteiger partial charge in [-0.25, -0.2) is 4.79 Å². The van der Waals surface area contributed by atoms with Gasteiger partial charge in [0, 0.05) is 24.6 Å². The number of amides is 1. The van der Waals surface area contributed by atoms with Crippen LogP contribution in [0, 0.1) is 5.41 Å². The second-order valence-corrected chi connectivity index (χ2v) is 7.03. The Balaban J connectivity index is 1.48. The summed E-state index contributed by atoms with van der Waals surface area (Å²) in [4.78, 5) is 12.5. The maximum atomic E-state index is 12.5. The Hall–Kier alpha value is -2.33. The minimum atomic E-state index is -5.72. The minimum absolute atomic E-state index is 0.0340. The number of likely N-dealkylation sites (tertiary alicyclic amines) is 1. The second kappa shape index (κ2) is 6.93. The number of halogens is 6. The van der Waals surface area contributed by atoms with Gasteiger partial charge in [-0.1, -0.05) is 6.07 Å². The van der Waals surface area contributed by atoms with E-state index in [1.54, 1.807) is 24.3 Å². The fourth-order valence-corrected chi connectivity index (χ4v) is 3.50. The number of hydrogen-bond donors (Lipinski definition) is 0. The smallest absolute Gasteiger partial charge is 0.434 e. The van der Waals surface area contributed by atoms with E-state index in [0.29, 0.717) is 24.3 Å². The van der Waals surface area contributed by atoms with Gasteiger partial charge in [0.2, 0.25) is 0 Å². The molecule has 1 saturated carbocycles. The zero-order valence-corrected chi connectivity index (χ0v) is 14.6. The van der Waals surface area contributed by atoms with Crippen LogP contribution in [0.5, 0.6) is 11.5 Å². The topological polar surface area (TPSA) is 48.0 Å². The lowest BCUT2D eigenvalue weighted by atomic mass is 9.62. The van der Waals surface area contributed by atoms with Crippen molar-refractivity contribution in [1.82, 2.24) is 4.90 Å². The average Bonchev–Trinajstić information content (AvgIpc) is 2.51. The molecule has 0 atom stereocenters. The summed E-state index contributed by atoms with van der Waals surface area (Å²) in [6.07, 6.45) is -16.3. The highest BCUT2D eigenvalue weighted by Crippen LogP contribution is 2.50. The van der Waals surface area contributed by atoms with Gasteiger partial charge in [-0.05, 0) is 25.0 Å². The van der Waals surface area contributed by atoms with Crippen molar-refractivity contribution in [3.05, 3.63) is 24.3 Å². The highest BCUT2D eigenvalue weighted by Gasteiger charge is 2.61. The number of alkyl halides is 6. The van der Waals surface area contributed by atoms with E-state index in [1.165, 1.54) is 7.11 Å². The highest BCUT2D eigenvalue weighted by atomic mass is 19.4. The van der Waals surface area contributed by atoms with E-state index in [-0.39, 0.29) is 24.6 Å². The van der Waals surface area contributed by atoms with Crippen molar-refractivity contribution in [2.45, 2.75) is 37.4 Å². The van der Waals surface area contributed by atoms with Crippen LogP contribution in [0.4, 0.5) is 31.1 Å². The molecule has 1 heterocycles. The molecule has 156 valence electrons. The van der Waals surface area contributed by atoms with Gasteiger partial charge >= 0.3 is 18.4 Å². The molecule has 1 aliphatic heterocycles. The van der Waals surface area contributed by atoms with E-state index in [4.69, 9.17) is 9.47 Å². The first-order valence-electron chi connectivity index (χ1n) is 8.32. The van der Waals surface area contributed by atoms with E-state index in [1.807, 2.05) is 0 Å². The number of nitrogens with zero attached hydrogens (tertiary/aromatic N) is 1. The molecule has 28 heavy (non-hydrogen) atoms. The molecule has 3 rings (SSSR count). The fraction of sp³-hybridized carbons (Fsp3) is 0.588. The van der Waals surface area contributed by atoms with Crippen molar-refractivity contribution >= 4 is 6.09 Å². The van der Waals surface area contributed by atoms with Gasteiger partial charge in [0.15, 0.2) is 0 Å². The number of ether oxygens (including phenoxy) is 3. The molecule has 5 nitrogen and oxygen atoms in total. The summed E-state index contributed by atoms with van der Waals surface area (Å²) in [5, 5.41) is 0. The van der Waals surface area contributed by atoms with Gasteiger partial charge in [0.1, 0.15) is 17.6 Å². The number of methoxy groups -OCH3 is 1. The predicted molar refractivity (Wildman–Crippen MR) is 83.0 cm³/mol. The normalized spacial score (nSPS) is 19.2. The lowest BCUT2D eigenvalue weighted by molar-refractivity contribution is -0.309. The van der Waals surface area contributed by atoms with Gasteiger partial charge < -0.3 is 19.1 Å². The molecule has 0 N–H and O–H groups in total. The molecular formula is C17H17F6NO4. The Morgan fingerprint density at radius 3 is 2.21 bits per heavy atom. The molecule has 1 saturated heterocycles. The summed E-state index contributed by atoms with van der Waals surface area (Å²) in [6, 6.07) is 6.94. The monoisotopic (exact) mass is 413 g/mol. The molecule has 2 aliphatic rings. The molecule has 1 aromatic rings. The van der Waals surface area contributed by atoms with E-state index >= 15 is 0 Å². The SMILES string of the molecule is COc1cccc(OC2CC3(C2)CN(C(=O)OC(C(F)(F)F)C(F)(F)F)C3)c1. The third-order valence-corrected chi connectivity index (χ3v) is 4.79.